The van der Waals surface area contributed by atoms with Gasteiger partial charge in [0.1, 0.15) is 11.5 Å². The van der Waals surface area contributed by atoms with E-state index >= 15 is 0 Å². The number of fused-ring (bicyclic) bond motifs is 1. The third-order valence-electron chi connectivity index (χ3n) is 3.18. The molecule has 0 amide bonds. The van der Waals surface area contributed by atoms with Gasteiger partial charge in [0.25, 0.3) is 0 Å². The Morgan fingerprint density at radius 1 is 0.850 bits per heavy atom. The zero-order valence-electron chi connectivity index (χ0n) is 11.0. The Balaban J connectivity index is 2.13. The summed E-state index contributed by atoms with van der Waals surface area (Å²) >= 11 is 1.44. The van der Waals surface area contributed by atoms with E-state index in [4.69, 9.17) is 0 Å². The summed E-state index contributed by atoms with van der Waals surface area (Å²) in [5, 5.41) is 21.9. The van der Waals surface area contributed by atoms with Crippen molar-refractivity contribution in [3.8, 4) is 11.5 Å². The lowest BCUT2D eigenvalue weighted by molar-refractivity contribution is 0.458. The highest BCUT2D eigenvalue weighted by Crippen LogP contribution is 2.43. The van der Waals surface area contributed by atoms with Crippen molar-refractivity contribution in [2.75, 3.05) is 0 Å². The monoisotopic (exact) mass is 282 g/mol. The van der Waals surface area contributed by atoms with E-state index in [0.717, 1.165) is 10.5 Å². The number of aromatic hydroxyl groups is 2. The highest BCUT2D eigenvalue weighted by molar-refractivity contribution is 7.99. The molecule has 20 heavy (non-hydrogen) atoms. The SMILES string of the molecule is Cc1ccc2c(O)c(Sc3ccccc3)cc(O)c2c1. The summed E-state index contributed by atoms with van der Waals surface area (Å²) in [7, 11) is 0. The van der Waals surface area contributed by atoms with E-state index in [1.807, 2.05) is 55.5 Å². The van der Waals surface area contributed by atoms with Crippen LogP contribution in [0.15, 0.2) is 64.4 Å². The van der Waals surface area contributed by atoms with Gasteiger partial charge in [0.05, 0.1) is 4.90 Å². The lowest BCUT2D eigenvalue weighted by Crippen LogP contribution is -1.82. The van der Waals surface area contributed by atoms with Crippen LogP contribution in [0.4, 0.5) is 0 Å². The number of phenols is 2. The van der Waals surface area contributed by atoms with Crippen LogP contribution in [0.1, 0.15) is 5.56 Å². The molecule has 3 heteroatoms. The van der Waals surface area contributed by atoms with Crippen LogP contribution in [0.2, 0.25) is 0 Å². The van der Waals surface area contributed by atoms with Crippen LogP contribution in [0.5, 0.6) is 11.5 Å². The Hall–Kier alpha value is -2.13. The maximum atomic E-state index is 10.4. The third kappa shape index (κ3) is 2.32. The van der Waals surface area contributed by atoms with Crippen molar-refractivity contribution in [1.82, 2.24) is 0 Å². The lowest BCUT2D eigenvalue weighted by Gasteiger charge is -2.10. The predicted octanol–water partition coefficient (Wildman–Crippen LogP) is 4.71. The molecule has 0 unspecified atom stereocenters. The maximum Gasteiger partial charge on any atom is 0.137 e. The molecule has 2 nitrogen and oxygen atoms in total. The Morgan fingerprint density at radius 3 is 2.35 bits per heavy atom. The van der Waals surface area contributed by atoms with Crippen LogP contribution >= 0.6 is 11.8 Å². The average Bonchev–Trinajstić information content (AvgIpc) is 2.45. The number of benzene rings is 3. The molecule has 0 aliphatic heterocycles. The molecule has 0 saturated heterocycles. The van der Waals surface area contributed by atoms with Crippen LogP contribution in [0.3, 0.4) is 0 Å². The molecule has 3 aromatic rings. The van der Waals surface area contributed by atoms with Crippen molar-refractivity contribution in [3.63, 3.8) is 0 Å². The van der Waals surface area contributed by atoms with Gasteiger partial charge in [-0.25, -0.2) is 0 Å². The Labute approximate surface area is 121 Å². The molecule has 0 aliphatic rings. The van der Waals surface area contributed by atoms with Gasteiger partial charge in [0, 0.05) is 15.7 Å². The maximum absolute atomic E-state index is 10.4. The van der Waals surface area contributed by atoms with E-state index < -0.39 is 0 Å². The molecule has 0 spiro atoms. The highest BCUT2D eigenvalue weighted by atomic mass is 32.2. The number of phenolic OH excluding ortho intramolecular Hbond substituents is 2. The fourth-order valence-corrected chi connectivity index (χ4v) is 3.10. The van der Waals surface area contributed by atoms with Gasteiger partial charge in [0.2, 0.25) is 0 Å². The largest absolute Gasteiger partial charge is 0.507 e. The smallest absolute Gasteiger partial charge is 0.137 e. The molecular formula is C17H14O2S. The summed E-state index contributed by atoms with van der Waals surface area (Å²) in [5.41, 5.74) is 1.05. The van der Waals surface area contributed by atoms with E-state index in [0.29, 0.717) is 15.7 Å². The van der Waals surface area contributed by atoms with Gasteiger partial charge >= 0.3 is 0 Å². The zero-order valence-corrected chi connectivity index (χ0v) is 11.8. The van der Waals surface area contributed by atoms with Crippen LogP contribution in [0.25, 0.3) is 10.8 Å². The van der Waals surface area contributed by atoms with Gasteiger partial charge in [0.15, 0.2) is 0 Å². The molecule has 3 rings (SSSR count). The Bertz CT molecular complexity index is 767. The number of hydrogen-bond acceptors (Lipinski definition) is 3. The second-order valence-corrected chi connectivity index (χ2v) is 5.82. The van der Waals surface area contributed by atoms with Gasteiger partial charge in [-0.2, -0.15) is 0 Å². The summed E-state index contributed by atoms with van der Waals surface area (Å²) in [6.07, 6.45) is 0. The van der Waals surface area contributed by atoms with E-state index in [-0.39, 0.29) is 11.5 Å². The summed E-state index contributed by atoms with van der Waals surface area (Å²) in [4.78, 5) is 1.68. The predicted molar refractivity (Wildman–Crippen MR) is 82.6 cm³/mol. The minimum Gasteiger partial charge on any atom is -0.507 e. The molecule has 0 fully saturated rings. The number of hydrogen-bond donors (Lipinski definition) is 2. The van der Waals surface area contributed by atoms with Crippen LogP contribution in [-0.4, -0.2) is 10.2 Å². The standard InChI is InChI=1S/C17H14O2S/c1-11-7-8-13-14(9-11)15(18)10-16(17(13)19)20-12-5-3-2-4-6-12/h2-10,18-19H,1H3. The normalized spacial score (nSPS) is 10.8. The molecule has 0 radical (unpaired) electrons. The first-order chi connectivity index (χ1) is 9.65. The number of aryl methyl sites for hydroxylation is 1. The second kappa shape index (κ2) is 5.10. The van der Waals surface area contributed by atoms with Crippen molar-refractivity contribution in [2.24, 2.45) is 0 Å². The molecule has 100 valence electrons. The Kier molecular flexibility index (Phi) is 3.28. The molecule has 0 aliphatic carbocycles. The summed E-state index contributed by atoms with van der Waals surface area (Å²) in [6, 6.07) is 17.1. The van der Waals surface area contributed by atoms with Crippen LogP contribution in [0, 0.1) is 6.92 Å². The molecule has 3 aromatic carbocycles. The first-order valence-electron chi connectivity index (χ1n) is 6.33. The molecule has 0 saturated carbocycles. The van der Waals surface area contributed by atoms with Crippen molar-refractivity contribution < 1.29 is 10.2 Å². The second-order valence-electron chi connectivity index (χ2n) is 4.71. The highest BCUT2D eigenvalue weighted by Gasteiger charge is 2.12. The van der Waals surface area contributed by atoms with Crippen LogP contribution < -0.4 is 0 Å². The summed E-state index contributed by atoms with van der Waals surface area (Å²) in [5.74, 6) is 0.409. The third-order valence-corrected chi connectivity index (χ3v) is 4.22. The van der Waals surface area contributed by atoms with Gasteiger partial charge in [-0.05, 0) is 31.2 Å². The van der Waals surface area contributed by atoms with E-state index in [2.05, 4.69) is 0 Å². The fraction of sp³-hybridized carbons (Fsp3) is 0.0588. The lowest BCUT2D eigenvalue weighted by atomic mass is 10.1. The van der Waals surface area contributed by atoms with Crippen molar-refractivity contribution in [2.45, 2.75) is 16.7 Å². The first kappa shape index (κ1) is 12.9. The molecule has 0 atom stereocenters. The number of rotatable bonds is 2. The minimum absolute atomic E-state index is 0.194. The van der Waals surface area contributed by atoms with E-state index in [1.54, 1.807) is 6.07 Å². The van der Waals surface area contributed by atoms with Gasteiger partial charge in [-0.1, -0.05) is 47.7 Å². The molecule has 0 heterocycles. The zero-order chi connectivity index (χ0) is 14.1. The van der Waals surface area contributed by atoms with Gasteiger partial charge in [-0.15, -0.1) is 0 Å². The molecule has 2 N–H and O–H groups in total. The van der Waals surface area contributed by atoms with E-state index in [1.165, 1.54) is 11.8 Å². The van der Waals surface area contributed by atoms with Crippen molar-refractivity contribution in [1.29, 1.82) is 0 Å². The van der Waals surface area contributed by atoms with Crippen LogP contribution in [-0.2, 0) is 0 Å². The fourth-order valence-electron chi connectivity index (χ4n) is 2.17. The van der Waals surface area contributed by atoms with Crippen molar-refractivity contribution in [3.05, 3.63) is 60.2 Å². The summed E-state index contributed by atoms with van der Waals surface area (Å²) < 4.78 is 0. The molecule has 0 aromatic heterocycles. The Morgan fingerprint density at radius 2 is 1.60 bits per heavy atom. The summed E-state index contributed by atoms with van der Waals surface area (Å²) in [6.45, 7) is 1.96. The van der Waals surface area contributed by atoms with Gasteiger partial charge < -0.3 is 10.2 Å². The van der Waals surface area contributed by atoms with E-state index in [9.17, 15) is 10.2 Å². The molecule has 0 bridgehead atoms. The van der Waals surface area contributed by atoms with Crippen molar-refractivity contribution >= 4 is 22.5 Å². The molecular weight excluding hydrogens is 268 g/mol. The quantitative estimate of drug-likeness (QED) is 0.669. The first-order valence-corrected chi connectivity index (χ1v) is 7.15. The van der Waals surface area contributed by atoms with Gasteiger partial charge in [-0.3, -0.25) is 0 Å². The average molecular weight is 282 g/mol. The minimum atomic E-state index is 0.194. The topological polar surface area (TPSA) is 40.5 Å².